The number of carbonyl (C=O) groups is 1. The first-order chi connectivity index (χ1) is 19.9. The van der Waals surface area contributed by atoms with E-state index in [9.17, 15) is 13.6 Å². The number of para-hydroxylation sites is 1. The third-order valence-corrected chi connectivity index (χ3v) is 7.99. The van der Waals surface area contributed by atoms with Crippen LogP contribution in [0, 0.1) is 6.92 Å². The van der Waals surface area contributed by atoms with Gasteiger partial charge in [0.1, 0.15) is 5.65 Å². The normalized spacial score (nSPS) is 12.0. The molecule has 1 atom stereocenters. The lowest BCUT2D eigenvalue weighted by Crippen LogP contribution is -2.32. The minimum absolute atomic E-state index is 0.341. The lowest BCUT2D eigenvalue weighted by atomic mass is 10.0. The molecule has 0 saturated carbocycles. The van der Waals surface area contributed by atoms with Gasteiger partial charge in [-0.25, -0.2) is 13.5 Å². The summed E-state index contributed by atoms with van der Waals surface area (Å²) in [5.41, 5.74) is 8.10. The predicted molar refractivity (Wildman–Crippen MR) is 167 cm³/mol. The second-order valence-corrected chi connectivity index (χ2v) is 11.1. The average Bonchev–Trinajstić information content (AvgIpc) is 3.31. The fourth-order valence-corrected chi connectivity index (χ4v) is 5.93. The molecule has 2 aromatic heterocycles. The molecule has 3 aromatic carbocycles. The molecular weight excluding hydrogens is 530 g/mol. The molecule has 0 saturated heterocycles. The number of rotatable bonds is 10. The summed E-state index contributed by atoms with van der Waals surface area (Å²) in [6.45, 7) is 7.24. The van der Waals surface area contributed by atoms with Gasteiger partial charge < -0.3 is 4.57 Å². The van der Waals surface area contributed by atoms with Gasteiger partial charge in [-0.15, -0.1) is 0 Å². The lowest BCUT2D eigenvalue weighted by Gasteiger charge is -2.21. The molecule has 41 heavy (non-hydrogen) atoms. The van der Waals surface area contributed by atoms with Crippen LogP contribution in [0.2, 0.25) is 0 Å². The van der Waals surface area contributed by atoms with Gasteiger partial charge in [-0.05, 0) is 66.8 Å². The highest BCUT2D eigenvalue weighted by molar-refractivity contribution is 7.81. The zero-order chi connectivity index (χ0) is 28.9. The van der Waals surface area contributed by atoms with Crippen molar-refractivity contribution >= 4 is 33.9 Å². The molecule has 7 heteroatoms. The molecule has 210 valence electrons. The van der Waals surface area contributed by atoms with E-state index in [1.807, 2.05) is 24.3 Å². The lowest BCUT2D eigenvalue weighted by molar-refractivity contribution is 0.100. The monoisotopic (exact) mass is 565 g/mol. The zero-order valence-electron chi connectivity index (χ0n) is 23.7. The molecule has 1 amide bonds. The standard InChI is InChI=1S/C34H35N3O3S/c1-4-11-28-21-24(3)31-22-29(12-5-2)36(33(31)35-28)23-25-17-19-26(20-18-25)30-15-9-10-16-32(30)37(41(39)40)34(38)27-13-7-6-8-14-27/h6-10,13-22H,4-5,11-12,23H2,1-3H3,(H,39,40). The smallest absolute Gasteiger partial charge is 0.272 e. The largest absolute Gasteiger partial charge is 0.325 e. The molecular formula is C34H35N3O3S. The number of anilines is 1. The number of pyridine rings is 1. The summed E-state index contributed by atoms with van der Waals surface area (Å²) < 4.78 is 25.8. The summed E-state index contributed by atoms with van der Waals surface area (Å²) in [5, 5.41) is 1.21. The first-order valence-electron chi connectivity index (χ1n) is 14.1. The summed E-state index contributed by atoms with van der Waals surface area (Å²) in [4.78, 5) is 18.3. The highest BCUT2D eigenvalue weighted by Gasteiger charge is 2.25. The van der Waals surface area contributed by atoms with E-state index in [1.54, 1.807) is 42.5 Å². The van der Waals surface area contributed by atoms with E-state index >= 15 is 0 Å². The quantitative estimate of drug-likeness (QED) is 0.176. The van der Waals surface area contributed by atoms with Crippen LogP contribution < -0.4 is 4.31 Å². The first kappa shape index (κ1) is 28.5. The number of fused-ring (bicyclic) bond motifs is 1. The number of benzene rings is 3. The Balaban J connectivity index is 1.49. The SMILES string of the molecule is CCCc1cc(C)c2cc(CCC)n(Cc3ccc(-c4ccccc4N(C(=O)c4ccccc4)S(=O)O)cc3)c2n1. The molecule has 0 spiro atoms. The molecule has 0 aliphatic heterocycles. The Kier molecular flexibility index (Phi) is 8.76. The fraction of sp³-hybridized carbons (Fsp3) is 0.235. The van der Waals surface area contributed by atoms with Crippen LogP contribution in [-0.4, -0.2) is 24.2 Å². The van der Waals surface area contributed by atoms with Crippen LogP contribution in [0.25, 0.3) is 22.2 Å². The van der Waals surface area contributed by atoms with Crippen LogP contribution in [0.15, 0.2) is 91.0 Å². The third kappa shape index (κ3) is 6.01. The van der Waals surface area contributed by atoms with Gasteiger partial charge in [0.15, 0.2) is 0 Å². The summed E-state index contributed by atoms with van der Waals surface area (Å²) >= 11 is -2.55. The van der Waals surface area contributed by atoms with Crippen LogP contribution in [-0.2, 0) is 30.7 Å². The molecule has 0 radical (unpaired) electrons. The Morgan fingerprint density at radius 1 is 0.902 bits per heavy atom. The van der Waals surface area contributed by atoms with Crippen LogP contribution in [0.1, 0.15) is 59.6 Å². The molecule has 0 aliphatic carbocycles. The second-order valence-electron chi connectivity index (χ2n) is 10.3. The molecule has 0 bridgehead atoms. The van der Waals surface area contributed by atoms with Crippen LogP contribution in [0.3, 0.4) is 0 Å². The molecule has 1 N–H and O–H groups in total. The van der Waals surface area contributed by atoms with Gasteiger partial charge in [0, 0.05) is 34.4 Å². The van der Waals surface area contributed by atoms with Crippen molar-refractivity contribution in [3.05, 3.63) is 119 Å². The summed E-state index contributed by atoms with van der Waals surface area (Å²) in [6, 6.07) is 28.4. The first-order valence-corrected chi connectivity index (χ1v) is 15.1. The van der Waals surface area contributed by atoms with Crippen molar-refractivity contribution in [3.8, 4) is 11.1 Å². The van der Waals surface area contributed by atoms with E-state index in [-0.39, 0.29) is 0 Å². The van der Waals surface area contributed by atoms with E-state index in [0.29, 0.717) is 23.4 Å². The molecule has 0 aliphatic rings. The molecule has 1 unspecified atom stereocenters. The van der Waals surface area contributed by atoms with Crippen molar-refractivity contribution < 1.29 is 13.6 Å². The van der Waals surface area contributed by atoms with Gasteiger partial charge >= 0.3 is 0 Å². The van der Waals surface area contributed by atoms with Crippen molar-refractivity contribution in [1.82, 2.24) is 9.55 Å². The van der Waals surface area contributed by atoms with E-state index in [2.05, 4.69) is 49.6 Å². The van der Waals surface area contributed by atoms with Gasteiger partial charge in [0.2, 0.25) is 0 Å². The molecule has 0 fully saturated rings. The highest BCUT2D eigenvalue weighted by Crippen LogP contribution is 2.33. The van der Waals surface area contributed by atoms with Crippen molar-refractivity contribution in [3.63, 3.8) is 0 Å². The Hall–Kier alpha value is -4.07. The fourth-order valence-electron chi connectivity index (χ4n) is 5.35. The van der Waals surface area contributed by atoms with E-state index in [4.69, 9.17) is 4.98 Å². The Morgan fingerprint density at radius 2 is 1.59 bits per heavy atom. The second kappa shape index (κ2) is 12.6. The Morgan fingerprint density at radius 3 is 2.27 bits per heavy atom. The van der Waals surface area contributed by atoms with Gasteiger partial charge in [-0.1, -0.05) is 87.4 Å². The average molecular weight is 566 g/mol. The Bertz CT molecular complexity index is 1690. The molecule has 5 rings (SSSR count). The topological polar surface area (TPSA) is 75.4 Å². The number of hydrogen-bond donors (Lipinski definition) is 1. The summed E-state index contributed by atoms with van der Waals surface area (Å²) in [7, 11) is 0. The molecule has 5 aromatic rings. The Labute approximate surface area is 244 Å². The maximum atomic E-state index is 13.2. The highest BCUT2D eigenvalue weighted by atomic mass is 32.2. The van der Waals surface area contributed by atoms with Gasteiger partial charge in [0.25, 0.3) is 17.2 Å². The van der Waals surface area contributed by atoms with Crippen molar-refractivity contribution in [1.29, 1.82) is 0 Å². The predicted octanol–water partition coefficient (Wildman–Crippen LogP) is 7.75. The third-order valence-electron chi connectivity index (χ3n) is 7.31. The van der Waals surface area contributed by atoms with Crippen molar-refractivity contribution in [2.24, 2.45) is 0 Å². The van der Waals surface area contributed by atoms with Gasteiger partial charge in [-0.2, -0.15) is 0 Å². The van der Waals surface area contributed by atoms with Gasteiger partial charge in [-0.3, -0.25) is 9.35 Å². The number of hydrogen-bond acceptors (Lipinski definition) is 3. The van der Waals surface area contributed by atoms with Crippen LogP contribution in [0.4, 0.5) is 5.69 Å². The van der Waals surface area contributed by atoms with Crippen LogP contribution >= 0.6 is 0 Å². The van der Waals surface area contributed by atoms with E-state index in [0.717, 1.165) is 52.5 Å². The number of carbonyl (C=O) groups excluding carboxylic acids is 1. The van der Waals surface area contributed by atoms with E-state index < -0.39 is 17.2 Å². The minimum Gasteiger partial charge on any atom is -0.325 e. The van der Waals surface area contributed by atoms with E-state index in [1.165, 1.54) is 16.6 Å². The van der Waals surface area contributed by atoms with Gasteiger partial charge in [0.05, 0.1) is 5.69 Å². The van der Waals surface area contributed by atoms with Crippen molar-refractivity contribution in [2.45, 2.75) is 53.0 Å². The maximum Gasteiger partial charge on any atom is 0.272 e. The number of nitrogens with zero attached hydrogens (tertiary/aromatic N) is 3. The molecule has 6 nitrogen and oxygen atoms in total. The van der Waals surface area contributed by atoms with Crippen LogP contribution in [0.5, 0.6) is 0 Å². The number of aryl methyl sites for hydroxylation is 3. The summed E-state index contributed by atoms with van der Waals surface area (Å²) in [6.07, 6.45) is 4.05. The number of amides is 1. The maximum absolute atomic E-state index is 13.2. The summed E-state index contributed by atoms with van der Waals surface area (Å²) in [5.74, 6) is -0.538. The number of aromatic nitrogens is 2. The zero-order valence-corrected chi connectivity index (χ0v) is 24.5. The molecule has 2 heterocycles. The van der Waals surface area contributed by atoms with Crippen molar-refractivity contribution in [2.75, 3.05) is 4.31 Å². The minimum atomic E-state index is -2.55.